The van der Waals surface area contributed by atoms with E-state index in [2.05, 4.69) is 4.74 Å². The minimum absolute atomic E-state index is 0.267. The average Bonchev–Trinajstić information content (AvgIpc) is 2.61. The molecule has 15 heavy (non-hydrogen) atoms. The third kappa shape index (κ3) is 2.18. The monoisotopic (exact) mass is 213 g/mol. The molecule has 0 bridgehead atoms. The molecule has 0 aromatic heterocycles. The zero-order chi connectivity index (χ0) is 11.5. The van der Waals surface area contributed by atoms with Gasteiger partial charge in [-0.3, -0.25) is 9.59 Å². The standard InChI is InChI=1S/C10H15NO4/c1-2-3-5-10(11,9(13)14)7-4-6-15-8(7)12/h4,6-7H,2-3,5,11H2,1H3,(H,13,14). The number of carbonyl (C=O) groups excluding carboxylic acids is 1. The number of aliphatic carboxylic acids is 1. The van der Waals surface area contributed by atoms with Crippen LogP contribution in [0.2, 0.25) is 0 Å². The number of unbranched alkanes of at least 4 members (excludes halogenated alkanes) is 1. The number of hydrogen-bond acceptors (Lipinski definition) is 4. The first-order chi connectivity index (χ1) is 7.02. The predicted octanol–water partition coefficient (Wildman–Crippen LogP) is 0.645. The average molecular weight is 213 g/mol. The van der Waals surface area contributed by atoms with E-state index in [9.17, 15) is 9.59 Å². The topological polar surface area (TPSA) is 89.6 Å². The molecule has 5 heteroatoms. The lowest BCUT2D eigenvalue weighted by molar-refractivity contribution is -0.152. The summed E-state index contributed by atoms with van der Waals surface area (Å²) in [7, 11) is 0. The van der Waals surface area contributed by atoms with Crippen LogP contribution >= 0.6 is 0 Å². The molecule has 0 aliphatic carbocycles. The van der Waals surface area contributed by atoms with Crippen LogP contribution in [0, 0.1) is 5.92 Å². The smallest absolute Gasteiger partial charge is 0.324 e. The fraction of sp³-hybridized carbons (Fsp3) is 0.600. The lowest BCUT2D eigenvalue weighted by Crippen LogP contribution is -2.55. The maximum Gasteiger partial charge on any atom is 0.324 e. The highest BCUT2D eigenvalue weighted by molar-refractivity contribution is 5.90. The second-order valence-corrected chi connectivity index (χ2v) is 3.69. The lowest BCUT2D eigenvalue weighted by Gasteiger charge is -2.27. The van der Waals surface area contributed by atoms with Gasteiger partial charge in [-0.15, -0.1) is 0 Å². The largest absolute Gasteiger partial charge is 0.480 e. The van der Waals surface area contributed by atoms with Crippen molar-refractivity contribution in [3.63, 3.8) is 0 Å². The van der Waals surface area contributed by atoms with E-state index >= 15 is 0 Å². The summed E-state index contributed by atoms with van der Waals surface area (Å²) in [5, 5.41) is 9.07. The Morgan fingerprint density at radius 1 is 1.73 bits per heavy atom. The normalized spacial score (nSPS) is 23.6. The number of rotatable bonds is 5. The van der Waals surface area contributed by atoms with Crippen molar-refractivity contribution < 1.29 is 19.4 Å². The Hall–Kier alpha value is -1.36. The van der Waals surface area contributed by atoms with Gasteiger partial charge in [0.2, 0.25) is 0 Å². The molecule has 0 radical (unpaired) electrons. The molecule has 0 aromatic rings. The summed E-state index contributed by atoms with van der Waals surface area (Å²) < 4.78 is 4.58. The van der Waals surface area contributed by atoms with E-state index in [1.165, 1.54) is 12.3 Å². The van der Waals surface area contributed by atoms with Crippen molar-refractivity contribution in [2.45, 2.75) is 31.7 Å². The van der Waals surface area contributed by atoms with Crippen LogP contribution in [0.1, 0.15) is 26.2 Å². The van der Waals surface area contributed by atoms with Crippen molar-refractivity contribution in [2.75, 3.05) is 0 Å². The summed E-state index contributed by atoms with van der Waals surface area (Å²) in [6.07, 6.45) is 4.37. The molecule has 5 nitrogen and oxygen atoms in total. The maximum atomic E-state index is 11.3. The SMILES string of the molecule is CCCCC(N)(C(=O)O)C1C=COC1=O. The van der Waals surface area contributed by atoms with Gasteiger partial charge in [0.25, 0.3) is 0 Å². The van der Waals surface area contributed by atoms with Crippen LogP contribution in [-0.4, -0.2) is 22.6 Å². The molecule has 2 unspecified atom stereocenters. The van der Waals surface area contributed by atoms with Crippen molar-refractivity contribution >= 4 is 11.9 Å². The van der Waals surface area contributed by atoms with Crippen molar-refractivity contribution in [1.82, 2.24) is 0 Å². The van der Waals surface area contributed by atoms with Crippen LogP contribution in [0.5, 0.6) is 0 Å². The van der Waals surface area contributed by atoms with Gasteiger partial charge in [-0.05, 0) is 12.5 Å². The number of cyclic esters (lactones) is 1. The Bertz CT molecular complexity index is 300. The van der Waals surface area contributed by atoms with Gasteiger partial charge in [0.05, 0.1) is 6.26 Å². The van der Waals surface area contributed by atoms with E-state index in [0.29, 0.717) is 6.42 Å². The molecule has 1 heterocycles. The number of hydrogen-bond donors (Lipinski definition) is 2. The van der Waals surface area contributed by atoms with E-state index in [1.54, 1.807) is 0 Å². The molecule has 0 saturated heterocycles. The highest BCUT2D eigenvalue weighted by Crippen LogP contribution is 2.27. The van der Waals surface area contributed by atoms with Crippen molar-refractivity contribution in [3.05, 3.63) is 12.3 Å². The molecule has 1 aliphatic rings. The number of nitrogens with two attached hydrogens (primary N) is 1. The summed E-state index contributed by atoms with van der Waals surface area (Å²) in [6.45, 7) is 1.94. The number of esters is 1. The van der Waals surface area contributed by atoms with Crippen molar-refractivity contribution in [3.8, 4) is 0 Å². The van der Waals surface area contributed by atoms with Crippen LogP contribution in [0.3, 0.4) is 0 Å². The Labute approximate surface area is 87.9 Å². The second kappa shape index (κ2) is 4.44. The number of carboxylic acids is 1. The van der Waals surface area contributed by atoms with Gasteiger partial charge in [0.15, 0.2) is 0 Å². The van der Waals surface area contributed by atoms with Crippen LogP contribution < -0.4 is 5.73 Å². The van der Waals surface area contributed by atoms with E-state index < -0.39 is 23.4 Å². The van der Waals surface area contributed by atoms with Crippen molar-refractivity contribution in [1.29, 1.82) is 0 Å². The molecule has 84 valence electrons. The quantitative estimate of drug-likeness (QED) is 0.654. The maximum absolute atomic E-state index is 11.3. The van der Waals surface area contributed by atoms with Gasteiger partial charge in [-0.25, -0.2) is 0 Å². The van der Waals surface area contributed by atoms with Crippen LogP contribution in [0.4, 0.5) is 0 Å². The number of ether oxygens (including phenoxy) is 1. The minimum atomic E-state index is -1.54. The first kappa shape index (κ1) is 11.7. The van der Waals surface area contributed by atoms with E-state index in [1.807, 2.05) is 6.92 Å². The Balaban J connectivity index is 2.85. The molecule has 0 spiro atoms. The molecular formula is C10H15NO4. The fourth-order valence-corrected chi connectivity index (χ4v) is 1.58. The molecular weight excluding hydrogens is 198 g/mol. The Morgan fingerprint density at radius 3 is 2.80 bits per heavy atom. The Kier molecular flexibility index (Phi) is 3.47. The van der Waals surface area contributed by atoms with E-state index in [-0.39, 0.29) is 6.42 Å². The molecule has 2 atom stereocenters. The van der Waals surface area contributed by atoms with Gasteiger partial charge in [0.1, 0.15) is 11.5 Å². The molecule has 0 amide bonds. The van der Waals surface area contributed by atoms with Gasteiger partial charge < -0.3 is 15.6 Å². The summed E-state index contributed by atoms with van der Waals surface area (Å²) in [4.78, 5) is 22.4. The van der Waals surface area contributed by atoms with Crippen LogP contribution in [0.15, 0.2) is 12.3 Å². The molecule has 0 fully saturated rings. The highest BCUT2D eigenvalue weighted by Gasteiger charge is 2.47. The second-order valence-electron chi connectivity index (χ2n) is 3.69. The number of carbonyl (C=O) groups is 2. The molecule has 0 saturated carbocycles. The van der Waals surface area contributed by atoms with Crippen molar-refractivity contribution in [2.24, 2.45) is 11.7 Å². The predicted molar refractivity (Wildman–Crippen MR) is 52.8 cm³/mol. The third-order valence-electron chi connectivity index (χ3n) is 2.61. The number of carboxylic acid groups (broad SMARTS) is 1. The molecule has 0 aromatic carbocycles. The van der Waals surface area contributed by atoms with E-state index in [4.69, 9.17) is 10.8 Å². The highest BCUT2D eigenvalue weighted by atomic mass is 16.5. The summed E-state index contributed by atoms with van der Waals surface area (Å²) >= 11 is 0. The molecule has 1 aliphatic heterocycles. The first-order valence-electron chi connectivity index (χ1n) is 4.92. The first-order valence-corrected chi connectivity index (χ1v) is 4.92. The lowest BCUT2D eigenvalue weighted by atomic mass is 9.81. The summed E-state index contributed by atoms with van der Waals surface area (Å²) in [6, 6.07) is 0. The van der Waals surface area contributed by atoms with Crippen LogP contribution in [-0.2, 0) is 14.3 Å². The van der Waals surface area contributed by atoms with Gasteiger partial charge in [0, 0.05) is 0 Å². The van der Waals surface area contributed by atoms with Crippen LogP contribution in [0.25, 0.3) is 0 Å². The molecule has 3 N–H and O–H groups in total. The Morgan fingerprint density at radius 2 is 2.40 bits per heavy atom. The summed E-state index contributed by atoms with van der Waals surface area (Å²) in [5.74, 6) is -2.62. The zero-order valence-corrected chi connectivity index (χ0v) is 8.60. The third-order valence-corrected chi connectivity index (χ3v) is 2.61. The summed E-state index contributed by atoms with van der Waals surface area (Å²) in [5.41, 5.74) is 4.23. The van der Waals surface area contributed by atoms with Gasteiger partial charge in [-0.1, -0.05) is 19.8 Å². The van der Waals surface area contributed by atoms with Gasteiger partial charge in [-0.2, -0.15) is 0 Å². The zero-order valence-electron chi connectivity index (χ0n) is 8.60. The van der Waals surface area contributed by atoms with E-state index in [0.717, 1.165) is 6.42 Å². The molecule has 1 rings (SSSR count). The van der Waals surface area contributed by atoms with Gasteiger partial charge >= 0.3 is 11.9 Å². The fourth-order valence-electron chi connectivity index (χ4n) is 1.58. The minimum Gasteiger partial charge on any atom is -0.480 e.